The van der Waals surface area contributed by atoms with E-state index in [1.54, 1.807) is 13.4 Å². The number of aromatic nitrogens is 2. The molecule has 1 saturated heterocycles. The van der Waals surface area contributed by atoms with Crippen LogP contribution in [-0.4, -0.2) is 50.3 Å². The van der Waals surface area contributed by atoms with Crippen molar-refractivity contribution in [1.82, 2.24) is 9.97 Å². The number of benzene rings is 1. The Morgan fingerprint density at radius 2 is 1.77 bits per heavy atom. The molecule has 116 valence electrons. The lowest BCUT2D eigenvalue weighted by Gasteiger charge is -2.37. The second-order valence-corrected chi connectivity index (χ2v) is 5.16. The Morgan fingerprint density at radius 3 is 2.50 bits per heavy atom. The molecular weight excluding hydrogens is 278 g/mol. The van der Waals surface area contributed by atoms with Crippen molar-refractivity contribution in [3.05, 3.63) is 36.7 Å². The monoisotopic (exact) mass is 299 g/mol. The van der Waals surface area contributed by atoms with E-state index in [0.717, 1.165) is 49.3 Å². The number of hydrogen-bond acceptors (Lipinski definition) is 6. The Kier molecular flexibility index (Phi) is 4.27. The number of anilines is 3. The Hall–Kier alpha value is -2.50. The molecule has 1 aliphatic rings. The molecule has 6 heteroatoms. The summed E-state index contributed by atoms with van der Waals surface area (Å²) in [6.07, 6.45) is 1.60. The van der Waals surface area contributed by atoms with Crippen molar-refractivity contribution in [1.29, 1.82) is 0 Å². The summed E-state index contributed by atoms with van der Waals surface area (Å²) in [5.74, 6) is 2.74. The highest BCUT2D eigenvalue weighted by molar-refractivity contribution is 5.59. The zero-order valence-corrected chi connectivity index (χ0v) is 13.0. The molecule has 0 atom stereocenters. The minimum atomic E-state index is 0.845. The van der Waals surface area contributed by atoms with E-state index in [-0.39, 0.29) is 0 Å². The largest absolute Gasteiger partial charge is 0.495 e. The lowest BCUT2D eigenvalue weighted by molar-refractivity contribution is 0.413. The van der Waals surface area contributed by atoms with Crippen LogP contribution in [0.5, 0.6) is 5.75 Å². The van der Waals surface area contributed by atoms with Crippen LogP contribution in [0.3, 0.4) is 0 Å². The molecule has 0 unspecified atom stereocenters. The fraction of sp³-hybridized carbons (Fsp3) is 0.375. The molecule has 0 radical (unpaired) electrons. The minimum Gasteiger partial charge on any atom is -0.495 e. The lowest BCUT2D eigenvalue weighted by atomic mass is 10.2. The van der Waals surface area contributed by atoms with Crippen LogP contribution >= 0.6 is 0 Å². The van der Waals surface area contributed by atoms with E-state index >= 15 is 0 Å². The SMILES string of the molecule is CNc1cc(N2CCN(c3ccccc3OC)CC2)ncn1. The maximum Gasteiger partial charge on any atom is 0.142 e. The second kappa shape index (κ2) is 6.51. The van der Waals surface area contributed by atoms with Gasteiger partial charge in [0.25, 0.3) is 0 Å². The van der Waals surface area contributed by atoms with Gasteiger partial charge in [-0.25, -0.2) is 9.97 Å². The highest BCUT2D eigenvalue weighted by Crippen LogP contribution is 2.29. The highest BCUT2D eigenvalue weighted by Gasteiger charge is 2.20. The van der Waals surface area contributed by atoms with E-state index in [0.29, 0.717) is 0 Å². The summed E-state index contributed by atoms with van der Waals surface area (Å²) in [6, 6.07) is 10.1. The van der Waals surface area contributed by atoms with E-state index < -0.39 is 0 Å². The first-order valence-electron chi connectivity index (χ1n) is 7.44. The van der Waals surface area contributed by atoms with Crippen LogP contribution in [0.15, 0.2) is 36.7 Å². The fourth-order valence-corrected chi connectivity index (χ4v) is 2.72. The molecule has 2 aromatic rings. The molecule has 0 bridgehead atoms. The molecule has 1 aromatic carbocycles. The molecule has 1 N–H and O–H groups in total. The third-order valence-corrected chi connectivity index (χ3v) is 3.94. The predicted molar refractivity (Wildman–Crippen MR) is 89.0 cm³/mol. The van der Waals surface area contributed by atoms with Crippen molar-refractivity contribution in [3.8, 4) is 5.75 Å². The number of hydrogen-bond donors (Lipinski definition) is 1. The average Bonchev–Trinajstić information content (AvgIpc) is 2.62. The number of ether oxygens (including phenoxy) is 1. The average molecular weight is 299 g/mol. The van der Waals surface area contributed by atoms with E-state index in [2.05, 4.69) is 31.2 Å². The third-order valence-electron chi connectivity index (χ3n) is 3.94. The third kappa shape index (κ3) is 2.90. The standard InChI is InChI=1S/C16H21N5O/c1-17-15-11-16(19-12-18-15)21-9-7-20(8-10-21)13-5-3-4-6-14(13)22-2/h3-6,11-12H,7-10H2,1-2H3,(H,17,18,19). The van der Waals surface area contributed by atoms with Crippen LogP contribution in [0.25, 0.3) is 0 Å². The molecule has 6 nitrogen and oxygen atoms in total. The first kappa shape index (κ1) is 14.4. The van der Waals surface area contributed by atoms with Crippen LogP contribution < -0.4 is 19.9 Å². The molecule has 2 heterocycles. The van der Waals surface area contributed by atoms with Gasteiger partial charge in [-0.05, 0) is 12.1 Å². The summed E-state index contributed by atoms with van der Waals surface area (Å²) in [5, 5.41) is 3.05. The summed E-state index contributed by atoms with van der Waals surface area (Å²) < 4.78 is 5.46. The zero-order valence-electron chi connectivity index (χ0n) is 13.0. The molecular formula is C16H21N5O. The first-order chi connectivity index (χ1) is 10.8. The van der Waals surface area contributed by atoms with E-state index in [4.69, 9.17) is 4.74 Å². The summed E-state index contributed by atoms with van der Waals surface area (Å²) >= 11 is 0. The molecule has 0 spiro atoms. The number of nitrogens with zero attached hydrogens (tertiary/aromatic N) is 4. The van der Waals surface area contributed by atoms with Gasteiger partial charge in [0, 0.05) is 39.3 Å². The summed E-state index contributed by atoms with van der Waals surface area (Å²) in [7, 11) is 3.58. The number of nitrogens with one attached hydrogen (secondary N) is 1. The number of para-hydroxylation sites is 2. The Bertz CT molecular complexity index is 625. The lowest BCUT2D eigenvalue weighted by Crippen LogP contribution is -2.47. The quantitative estimate of drug-likeness (QED) is 0.930. The van der Waals surface area contributed by atoms with Crippen molar-refractivity contribution in [2.75, 3.05) is 55.5 Å². The van der Waals surface area contributed by atoms with Crippen LogP contribution in [0.4, 0.5) is 17.3 Å². The fourth-order valence-electron chi connectivity index (χ4n) is 2.72. The Morgan fingerprint density at radius 1 is 1.05 bits per heavy atom. The van der Waals surface area contributed by atoms with E-state index in [1.165, 1.54) is 0 Å². The van der Waals surface area contributed by atoms with Crippen molar-refractivity contribution in [2.45, 2.75) is 0 Å². The van der Waals surface area contributed by atoms with Gasteiger partial charge in [0.15, 0.2) is 0 Å². The van der Waals surface area contributed by atoms with Crippen LogP contribution in [0.2, 0.25) is 0 Å². The van der Waals surface area contributed by atoms with Crippen molar-refractivity contribution >= 4 is 17.3 Å². The van der Waals surface area contributed by atoms with E-state index in [9.17, 15) is 0 Å². The minimum absolute atomic E-state index is 0.845. The normalized spacial score (nSPS) is 14.8. The zero-order chi connectivity index (χ0) is 15.4. The topological polar surface area (TPSA) is 53.5 Å². The molecule has 22 heavy (non-hydrogen) atoms. The molecule has 0 aliphatic carbocycles. The van der Waals surface area contributed by atoms with Gasteiger partial charge < -0.3 is 19.9 Å². The van der Waals surface area contributed by atoms with Gasteiger partial charge in [-0.2, -0.15) is 0 Å². The highest BCUT2D eigenvalue weighted by atomic mass is 16.5. The predicted octanol–water partition coefficient (Wildman–Crippen LogP) is 1.85. The summed E-state index contributed by atoms with van der Waals surface area (Å²) in [4.78, 5) is 13.2. The maximum atomic E-state index is 5.46. The van der Waals surface area contributed by atoms with Gasteiger partial charge >= 0.3 is 0 Å². The van der Waals surface area contributed by atoms with Gasteiger partial charge in [0.1, 0.15) is 23.7 Å². The molecule has 1 aromatic heterocycles. The number of rotatable bonds is 4. The maximum absolute atomic E-state index is 5.46. The number of piperazine rings is 1. The van der Waals surface area contributed by atoms with Crippen molar-refractivity contribution < 1.29 is 4.74 Å². The Balaban J connectivity index is 1.69. The van der Waals surface area contributed by atoms with Crippen LogP contribution in [0.1, 0.15) is 0 Å². The van der Waals surface area contributed by atoms with Gasteiger partial charge in [0.2, 0.25) is 0 Å². The molecule has 3 rings (SSSR count). The Labute approximate surface area is 130 Å². The van der Waals surface area contributed by atoms with Gasteiger partial charge in [-0.15, -0.1) is 0 Å². The molecule has 1 fully saturated rings. The summed E-state index contributed by atoms with van der Waals surface area (Å²) in [5.41, 5.74) is 1.16. The van der Waals surface area contributed by atoms with E-state index in [1.807, 2.05) is 31.3 Å². The molecule has 1 aliphatic heterocycles. The van der Waals surface area contributed by atoms with Gasteiger partial charge in [-0.1, -0.05) is 12.1 Å². The summed E-state index contributed by atoms with van der Waals surface area (Å²) in [6.45, 7) is 3.74. The first-order valence-corrected chi connectivity index (χ1v) is 7.44. The smallest absolute Gasteiger partial charge is 0.142 e. The van der Waals surface area contributed by atoms with Gasteiger partial charge in [-0.3, -0.25) is 0 Å². The van der Waals surface area contributed by atoms with Crippen LogP contribution in [-0.2, 0) is 0 Å². The van der Waals surface area contributed by atoms with Crippen molar-refractivity contribution in [3.63, 3.8) is 0 Å². The van der Waals surface area contributed by atoms with Crippen LogP contribution in [0, 0.1) is 0 Å². The van der Waals surface area contributed by atoms with Crippen molar-refractivity contribution in [2.24, 2.45) is 0 Å². The molecule has 0 amide bonds. The second-order valence-electron chi connectivity index (χ2n) is 5.16. The number of methoxy groups -OCH3 is 1. The van der Waals surface area contributed by atoms with Gasteiger partial charge in [0.05, 0.1) is 12.8 Å². The molecule has 0 saturated carbocycles.